The van der Waals surface area contributed by atoms with E-state index in [1.165, 1.54) is 7.05 Å². The number of amides is 3. The van der Waals surface area contributed by atoms with Crippen molar-refractivity contribution in [2.75, 3.05) is 12.4 Å². The number of nitrogens with one attached hydrogen (secondary N) is 2. The molecule has 0 aromatic heterocycles. The van der Waals surface area contributed by atoms with Crippen molar-refractivity contribution in [3.8, 4) is 0 Å². The predicted octanol–water partition coefficient (Wildman–Crippen LogP) is 0.897. The smallest absolute Gasteiger partial charge is 0.253 e. The molecule has 2 N–H and O–H groups in total. The topological polar surface area (TPSA) is 78.5 Å². The van der Waals surface area contributed by atoms with Crippen molar-refractivity contribution in [1.29, 1.82) is 0 Å². The summed E-state index contributed by atoms with van der Waals surface area (Å²) in [5, 5.41) is 3.75. The first kappa shape index (κ1) is 13.5. The maximum Gasteiger partial charge on any atom is 0.253 e. The highest BCUT2D eigenvalue weighted by Gasteiger charge is 2.38. The van der Waals surface area contributed by atoms with Crippen molar-refractivity contribution in [2.24, 2.45) is 5.92 Å². The lowest BCUT2D eigenvalue weighted by atomic mass is 10.0. The number of hydrogen-bond donors (Lipinski definition) is 2. The second kappa shape index (κ2) is 5.40. The molecule has 3 amide bonds. The van der Waals surface area contributed by atoms with Gasteiger partial charge in [0.25, 0.3) is 11.8 Å². The number of hydrazine groups is 1. The second-order valence-corrected chi connectivity index (χ2v) is 5.01. The third kappa shape index (κ3) is 2.93. The molecule has 0 spiro atoms. The van der Waals surface area contributed by atoms with Crippen LogP contribution in [0.1, 0.15) is 6.42 Å². The number of carbonyl (C=O) groups is 3. The molecule has 1 heterocycles. The van der Waals surface area contributed by atoms with E-state index in [-0.39, 0.29) is 12.3 Å². The van der Waals surface area contributed by atoms with Crippen LogP contribution in [-0.2, 0) is 14.4 Å². The van der Waals surface area contributed by atoms with Crippen molar-refractivity contribution < 1.29 is 14.4 Å². The van der Waals surface area contributed by atoms with E-state index in [2.05, 4.69) is 26.7 Å². The Balaban J connectivity index is 2.01. The monoisotopic (exact) mass is 325 g/mol. The predicted molar refractivity (Wildman–Crippen MR) is 71.8 cm³/mol. The molecular formula is C12H12BrN3O3. The van der Waals surface area contributed by atoms with Gasteiger partial charge in [0.1, 0.15) is 5.92 Å². The van der Waals surface area contributed by atoms with Gasteiger partial charge < -0.3 is 5.32 Å². The molecule has 1 atom stereocenters. The second-order valence-electron chi connectivity index (χ2n) is 4.16. The zero-order chi connectivity index (χ0) is 14.0. The minimum atomic E-state index is -0.951. The molecule has 0 aliphatic carbocycles. The van der Waals surface area contributed by atoms with Gasteiger partial charge in [-0.2, -0.15) is 0 Å². The van der Waals surface area contributed by atoms with E-state index in [1.54, 1.807) is 18.2 Å². The van der Waals surface area contributed by atoms with Crippen molar-refractivity contribution in [3.63, 3.8) is 0 Å². The number of anilines is 1. The Labute approximate surface area is 118 Å². The lowest BCUT2D eigenvalue weighted by Crippen LogP contribution is -2.31. The van der Waals surface area contributed by atoms with E-state index in [0.717, 1.165) is 9.48 Å². The summed E-state index contributed by atoms with van der Waals surface area (Å²) in [5.41, 5.74) is 2.96. The van der Waals surface area contributed by atoms with Crippen molar-refractivity contribution in [1.82, 2.24) is 10.4 Å². The van der Waals surface area contributed by atoms with Crippen molar-refractivity contribution in [2.45, 2.75) is 6.42 Å². The largest absolute Gasteiger partial charge is 0.325 e. The van der Waals surface area contributed by atoms with Crippen LogP contribution in [0.2, 0.25) is 0 Å². The highest BCUT2D eigenvalue weighted by Crippen LogP contribution is 2.22. The number of para-hydroxylation sites is 1. The number of rotatable bonds is 3. The molecule has 1 saturated heterocycles. The lowest BCUT2D eigenvalue weighted by Gasteiger charge is -2.09. The molecule has 1 aliphatic heterocycles. The van der Waals surface area contributed by atoms with Crippen LogP contribution < -0.4 is 10.7 Å². The molecule has 0 saturated carbocycles. The van der Waals surface area contributed by atoms with Gasteiger partial charge in [0.2, 0.25) is 5.91 Å². The number of benzene rings is 1. The molecule has 0 bridgehead atoms. The zero-order valence-corrected chi connectivity index (χ0v) is 11.7. The minimum Gasteiger partial charge on any atom is -0.325 e. The molecule has 7 heteroatoms. The van der Waals surface area contributed by atoms with Gasteiger partial charge in [-0.1, -0.05) is 12.1 Å². The van der Waals surface area contributed by atoms with Gasteiger partial charge in [-0.3, -0.25) is 24.8 Å². The van der Waals surface area contributed by atoms with Gasteiger partial charge in [-0.15, -0.1) is 0 Å². The average Bonchev–Trinajstić information content (AvgIpc) is 2.59. The fourth-order valence-corrected chi connectivity index (χ4v) is 2.16. The Bertz CT molecular complexity index is 547. The zero-order valence-electron chi connectivity index (χ0n) is 10.1. The SMILES string of the molecule is CN1NC(=O)C(CC(=O)Nc2ccccc2Br)C1=O. The summed E-state index contributed by atoms with van der Waals surface area (Å²) >= 11 is 3.30. The third-order valence-corrected chi connectivity index (χ3v) is 3.45. The molecule has 6 nitrogen and oxygen atoms in total. The molecule has 1 aliphatic rings. The summed E-state index contributed by atoms with van der Waals surface area (Å²) in [6.07, 6.45) is -0.170. The van der Waals surface area contributed by atoms with E-state index in [9.17, 15) is 14.4 Å². The van der Waals surface area contributed by atoms with Crippen LogP contribution in [-0.4, -0.2) is 29.8 Å². The van der Waals surface area contributed by atoms with Crippen LogP contribution in [0.25, 0.3) is 0 Å². The van der Waals surface area contributed by atoms with E-state index < -0.39 is 17.7 Å². The van der Waals surface area contributed by atoms with Gasteiger partial charge in [0, 0.05) is 17.9 Å². The molecule has 1 aromatic rings. The van der Waals surface area contributed by atoms with Crippen LogP contribution in [0, 0.1) is 5.92 Å². The molecule has 2 rings (SSSR count). The Kier molecular flexibility index (Phi) is 3.84. The van der Waals surface area contributed by atoms with Crippen molar-refractivity contribution >= 4 is 39.3 Å². The van der Waals surface area contributed by atoms with E-state index in [0.29, 0.717) is 5.69 Å². The molecule has 1 unspecified atom stereocenters. The summed E-state index contributed by atoms with van der Waals surface area (Å²) in [4.78, 5) is 34.9. The van der Waals surface area contributed by atoms with Gasteiger partial charge in [-0.05, 0) is 28.1 Å². The molecular weight excluding hydrogens is 314 g/mol. The van der Waals surface area contributed by atoms with Crippen molar-refractivity contribution in [3.05, 3.63) is 28.7 Å². The van der Waals surface area contributed by atoms with Crippen LogP contribution in [0.15, 0.2) is 28.7 Å². The Morgan fingerprint density at radius 3 is 2.68 bits per heavy atom. The minimum absolute atomic E-state index is 0.170. The number of nitrogens with zero attached hydrogens (tertiary/aromatic N) is 1. The molecule has 0 radical (unpaired) electrons. The fourth-order valence-electron chi connectivity index (χ4n) is 1.77. The summed E-state index contributed by atoms with van der Waals surface area (Å²) in [7, 11) is 1.45. The first-order valence-corrected chi connectivity index (χ1v) is 6.41. The van der Waals surface area contributed by atoms with Crippen LogP contribution in [0.5, 0.6) is 0 Å². The van der Waals surface area contributed by atoms with Crippen LogP contribution in [0.4, 0.5) is 5.69 Å². The standard InChI is InChI=1S/C12H12BrN3O3/c1-16-12(19)7(11(18)15-16)6-10(17)14-9-5-3-2-4-8(9)13/h2-5,7H,6H2,1H3,(H,14,17)(H,15,18). The quantitative estimate of drug-likeness (QED) is 0.810. The Morgan fingerprint density at radius 2 is 2.11 bits per heavy atom. The highest BCUT2D eigenvalue weighted by atomic mass is 79.9. The third-order valence-electron chi connectivity index (χ3n) is 2.76. The molecule has 1 fully saturated rings. The lowest BCUT2D eigenvalue weighted by molar-refractivity contribution is -0.134. The highest BCUT2D eigenvalue weighted by molar-refractivity contribution is 9.10. The number of halogens is 1. The average molecular weight is 326 g/mol. The first-order chi connectivity index (χ1) is 8.99. The normalized spacial score (nSPS) is 18.4. The van der Waals surface area contributed by atoms with Crippen LogP contribution in [0.3, 0.4) is 0 Å². The van der Waals surface area contributed by atoms with E-state index in [1.807, 2.05) is 6.07 Å². The summed E-state index contributed by atoms with van der Waals surface area (Å²) in [6.45, 7) is 0. The van der Waals surface area contributed by atoms with E-state index in [4.69, 9.17) is 0 Å². The molecule has 1 aromatic carbocycles. The maximum absolute atomic E-state index is 11.8. The van der Waals surface area contributed by atoms with Crippen LogP contribution >= 0.6 is 15.9 Å². The summed E-state index contributed by atoms with van der Waals surface area (Å²) in [6, 6.07) is 7.12. The summed E-state index contributed by atoms with van der Waals surface area (Å²) in [5.74, 6) is -2.18. The molecule has 19 heavy (non-hydrogen) atoms. The maximum atomic E-state index is 11.8. The first-order valence-electron chi connectivity index (χ1n) is 5.61. The van der Waals surface area contributed by atoms with Gasteiger partial charge >= 0.3 is 0 Å². The Hall–Kier alpha value is -1.89. The Morgan fingerprint density at radius 1 is 1.42 bits per heavy atom. The number of carbonyl (C=O) groups excluding carboxylic acids is 3. The van der Waals surface area contributed by atoms with Gasteiger partial charge in [0.05, 0.1) is 5.69 Å². The fraction of sp³-hybridized carbons (Fsp3) is 0.250. The molecule has 100 valence electrons. The summed E-state index contributed by atoms with van der Waals surface area (Å²) < 4.78 is 0.739. The van der Waals surface area contributed by atoms with E-state index >= 15 is 0 Å². The van der Waals surface area contributed by atoms with Gasteiger partial charge in [0.15, 0.2) is 0 Å². The van der Waals surface area contributed by atoms with Gasteiger partial charge in [-0.25, -0.2) is 0 Å². The number of hydrogen-bond acceptors (Lipinski definition) is 3.